The molecule has 1 aliphatic heterocycles. The van der Waals surface area contributed by atoms with Gasteiger partial charge in [-0.25, -0.2) is 0 Å². The smallest absolute Gasteiger partial charge is 0.250 e. The minimum absolute atomic E-state index is 0.0404. The van der Waals surface area contributed by atoms with Crippen LogP contribution in [0.4, 0.5) is 5.69 Å². The van der Waals surface area contributed by atoms with E-state index in [1.165, 1.54) is 11.6 Å². The van der Waals surface area contributed by atoms with E-state index in [1.807, 2.05) is 18.2 Å². The number of hydrogen-bond acceptors (Lipinski definition) is 2. The Morgan fingerprint density at radius 3 is 3.00 bits per heavy atom. The third kappa shape index (κ3) is 2.33. The summed E-state index contributed by atoms with van der Waals surface area (Å²) in [5.74, 6) is 0.744. The van der Waals surface area contributed by atoms with Crippen LogP contribution in [0.5, 0.6) is 5.75 Å². The van der Waals surface area contributed by atoms with Crippen LogP contribution in [0, 0.1) is 0 Å². The second-order valence-corrected chi connectivity index (χ2v) is 4.15. The molecule has 0 bridgehead atoms. The average Bonchev–Trinajstić information content (AvgIpc) is 2.59. The summed E-state index contributed by atoms with van der Waals surface area (Å²) in [6.07, 6.45) is 4.52. The first-order valence-corrected chi connectivity index (χ1v) is 5.87. The molecule has 1 aromatic rings. The molecule has 3 heteroatoms. The van der Waals surface area contributed by atoms with Gasteiger partial charge in [-0.3, -0.25) is 4.79 Å². The van der Waals surface area contributed by atoms with Gasteiger partial charge >= 0.3 is 0 Å². The van der Waals surface area contributed by atoms with Crippen molar-refractivity contribution in [3.05, 3.63) is 36.4 Å². The maximum absolute atomic E-state index is 11.8. The highest BCUT2D eigenvalue weighted by Gasteiger charge is 2.19. The summed E-state index contributed by atoms with van der Waals surface area (Å²) in [5.41, 5.74) is 2.17. The molecule has 1 aliphatic rings. The highest BCUT2D eigenvalue weighted by atomic mass is 16.5. The lowest BCUT2D eigenvalue weighted by atomic mass is 10.1. The fourth-order valence-electron chi connectivity index (χ4n) is 2.18. The zero-order chi connectivity index (χ0) is 12.3. The zero-order valence-corrected chi connectivity index (χ0v) is 10.1. The molecule has 1 aromatic carbocycles. The second-order valence-electron chi connectivity index (χ2n) is 4.15. The van der Waals surface area contributed by atoms with Crippen molar-refractivity contribution in [2.75, 3.05) is 18.6 Å². The van der Waals surface area contributed by atoms with Crippen molar-refractivity contribution in [1.82, 2.24) is 0 Å². The van der Waals surface area contributed by atoms with Gasteiger partial charge in [0.15, 0.2) is 0 Å². The number of benzene rings is 1. The molecule has 17 heavy (non-hydrogen) atoms. The summed E-state index contributed by atoms with van der Waals surface area (Å²) in [6.45, 7) is 4.31. The number of carbonyl (C=O) groups is 1. The Bertz CT molecular complexity index is 440. The van der Waals surface area contributed by atoms with Crippen LogP contribution in [0.25, 0.3) is 0 Å². The van der Waals surface area contributed by atoms with Gasteiger partial charge in [0.05, 0.1) is 12.8 Å². The average molecular weight is 231 g/mol. The lowest BCUT2D eigenvalue weighted by Gasteiger charge is -2.21. The molecule has 0 atom stereocenters. The molecule has 0 saturated heterocycles. The molecule has 1 amide bonds. The number of aryl methyl sites for hydroxylation is 1. The number of methoxy groups -OCH3 is 1. The molecule has 0 aliphatic carbocycles. The van der Waals surface area contributed by atoms with Gasteiger partial charge in [-0.15, -0.1) is 0 Å². The lowest BCUT2D eigenvalue weighted by molar-refractivity contribution is -0.114. The summed E-state index contributed by atoms with van der Waals surface area (Å²) >= 11 is 0. The standard InChI is InChI=1S/C14H17NO2/c1-3-14(16)15-9-5-4-6-11-7-8-12(17-2)10-13(11)15/h3,7-8,10H,1,4-6,9H2,2H3. The number of anilines is 1. The highest BCUT2D eigenvalue weighted by Crippen LogP contribution is 2.30. The summed E-state index contributed by atoms with van der Waals surface area (Å²) in [4.78, 5) is 13.6. The first kappa shape index (κ1) is 11.7. The number of fused-ring (bicyclic) bond motifs is 1. The predicted molar refractivity (Wildman–Crippen MR) is 68.5 cm³/mol. The Morgan fingerprint density at radius 1 is 1.47 bits per heavy atom. The monoisotopic (exact) mass is 231 g/mol. The van der Waals surface area contributed by atoms with Gasteiger partial charge < -0.3 is 9.64 Å². The van der Waals surface area contributed by atoms with Crippen LogP contribution in [0.1, 0.15) is 18.4 Å². The summed E-state index contributed by atoms with van der Waals surface area (Å²) in [5, 5.41) is 0. The maximum atomic E-state index is 11.8. The van der Waals surface area contributed by atoms with Gasteiger partial charge in [0.25, 0.3) is 0 Å². The number of amides is 1. The predicted octanol–water partition coefficient (Wildman–Crippen LogP) is 2.55. The van der Waals surface area contributed by atoms with E-state index in [0.29, 0.717) is 0 Å². The molecule has 0 fully saturated rings. The Balaban J connectivity index is 2.45. The van der Waals surface area contributed by atoms with Crippen molar-refractivity contribution in [3.8, 4) is 5.75 Å². The van der Waals surface area contributed by atoms with E-state index in [1.54, 1.807) is 12.0 Å². The Hall–Kier alpha value is -1.77. The fourth-order valence-corrected chi connectivity index (χ4v) is 2.18. The Morgan fingerprint density at radius 2 is 2.29 bits per heavy atom. The van der Waals surface area contributed by atoms with Crippen LogP contribution >= 0.6 is 0 Å². The molecule has 0 aromatic heterocycles. The maximum Gasteiger partial charge on any atom is 0.250 e. The van der Waals surface area contributed by atoms with Crippen molar-refractivity contribution >= 4 is 11.6 Å². The van der Waals surface area contributed by atoms with Gasteiger partial charge in [-0.2, -0.15) is 0 Å². The van der Waals surface area contributed by atoms with Gasteiger partial charge in [0, 0.05) is 12.6 Å². The topological polar surface area (TPSA) is 29.5 Å². The number of ether oxygens (including phenoxy) is 1. The number of hydrogen-bond donors (Lipinski definition) is 0. The summed E-state index contributed by atoms with van der Waals surface area (Å²) < 4.78 is 5.22. The van der Waals surface area contributed by atoms with E-state index in [2.05, 4.69) is 6.58 Å². The van der Waals surface area contributed by atoms with Gasteiger partial charge in [-0.05, 0) is 37.0 Å². The molecule has 3 nitrogen and oxygen atoms in total. The largest absolute Gasteiger partial charge is 0.497 e. The summed E-state index contributed by atoms with van der Waals surface area (Å²) in [7, 11) is 1.64. The van der Waals surface area contributed by atoms with E-state index in [4.69, 9.17) is 4.74 Å². The van der Waals surface area contributed by atoms with Crippen LogP contribution in [-0.4, -0.2) is 19.6 Å². The Labute approximate surface area is 102 Å². The molecule has 1 heterocycles. The van der Waals surface area contributed by atoms with Crippen molar-refractivity contribution in [1.29, 1.82) is 0 Å². The minimum Gasteiger partial charge on any atom is -0.497 e. The number of rotatable bonds is 2. The quantitative estimate of drug-likeness (QED) is 0.732. The molecule has 90 valence electrons. The van der Waals surface area contributed by atoms with Crippen LogP contribution in [0.15, 0.2) is 30.9 Å². The van der Waals surface area contributed by atoms with Gasteiger partial charge in [0.2, 0.25) is 5.91 Å². The molecule has 0 N–H and O–H groups in total. The van der Waals surface area contributed by atoms with Crippen molar-refractivity contribution in [2.24, 2.45) is 0 Å². The van der Waals surface area contributed by atoms with Crippen molar-refractivity contribution in [2.45, 2.75) is 19.3 Å². The van der Waals surface area contributed by atoms with Crippen LogP contribution in [-0.2, 0) is 11.2 Å². The van der Waals surface area contributed by atoms with E-state index in [0.717, 1.165) is 37.2 Å². The number of carbonyl (C=O) groups excluding carboxylic acids is 1. The molecule has 0 unspecified atom stereocenters. The highest BCUT2D eigenvalue weighted by molar-refractivity contribution is 6.01. The molecule has 0 saturated carbocycles. The van der Waals surface area contributed by atoms with Crippen molar-refractivity contribution < 1.29 is 9.53 Å². The number of nitrogens with zero attached hydrogens (tertiary/aromatic N) is 1. The normalized spacial score (nSPS) is 14.8. The molecule has 0 spiro atoms. The molecular weight excluding hydrogens is 214 g/mol. The SMILES string of the molecule is C=CC(=O)N1CCCCc2ccc(OC)cc21. The minimum atomic E-state index is -0.0404. The molecular formula is C14H17NO2. The van der Waals surface area contributed by atoms with Crippen molar-refractivity contribution in [3.63, 3.8) is 0 Å². The summed E-state index contributed by atoms with van der Waals surface area (Å²) in [6, 6.07) is 5.92. The van der Waals surface area contributed by atoms with E-state index in [-0.39, 0.29) is 5.91 Å². The van der Waals surface area contributed by atoms with Crippen LogP contribution in [0.2, 0.25) is 0 Å². The van der Waals surface area contributed by atoms with E-state index >= 15 is 0 Å². The third-order valence-electron chi connectivity index (χ3n) is 3.10. The van der Waals surface area contributed by atoms with Crippen LogP contribution < -0.4 is 9.64 Å². The lowest BCUT2D eigenvalue weighted by Crippen LogP contribution is -2.29. The Kier molecular flexibility index (Phi) is 3.47. The molecule has 0 radical (unpaired) electrons. The van der Waals surface area contributed by atoms with Gasteiger partial charge in [0.1, 0.15) is 5.75 Å². The van der Waals surface area contributed by atoms with Gasteiger partial charge in [-0.1, -0.05) is 12.6 Å². The first-order valence-electron chi connectivity index (χ1n) is 5.87. The fraction of sp³-hybridized carbons (Fsp3) is 0.357. The third-order valence-corrected chi connectivity index (χ3v) is 3.10. The molecule has 2 rings (SSSR count). The zero-order valence-electron chi connectivity index (χ0n) is 10.1. The van der Waals surface area contributed by atoms with E-state index < -0.39 is 0 Å². The first-order chi connectivity index (χ1) is 8.26. The van der Waals surface area contributed by atoms with Crippen LogP contribution in [0.3, 0.4) is 0 Å². The van der Waals surface area contributed by atoms with E-state index in [9.17, 15) is 4.79 Å². The second kappa shape index (κ2) is 5.04.